The van der Waals surface area contributed by atoms with Gasteiger partial charge >= 0.3 is 0 Å². The van der Waals surface area contributed by atoms with E-state index in [1.54, 1.807) is 4.68 Å². The first kappa shape index (κ1) is 16.0. The number of hydrogen-bond donors (Lipinski definition) is 1. The molecule has 118 valence electrons. The molecule has 0 aromatic carbocycles. The standard InChI is InChI=1S/C16H28N4O/c1-5-19-9-7-6-8-15(19)10-17-16(21)11-20-14(4)12(2)13(3)18-20/h15H,5-11H2,1-4H3,(H,17,21). The van der Waals surface area contributed by atoms with E-state index in [2.05, 4.69) is 22.2 Å². The fraction of sp³-hybridized carbons (Fsp3) is 0.750. The third-order valence-corrected chi connectivity index (χ3v) is 4.73. The molecule has 5 nitrogen and oxygen atoms in total. The number of aryl methyl sites for hydroxylation is 1. The highest BCUT2D eigenvalue weighted by Gasteiger charge is 2.21. The smallest absolute Gasteiger partial charge is 0.241 e. The molecule has 1 saturated heterocycles. The molecule has 1 fully saturated rings. The monoisotopic (exact) mass is 292 g/mol. The average Bonchev–Trinajstić information content (AvgIpc) is 2.72. The molecule has 0 saturated carbocycles. The van der Waals surface area contributed by atoms with Crippen LogP contribution in [-0.4, -0.2) is 46.3 Å². The maximum atomic E-state index is 12.1. The van der Waals surface area contributed by atoms with Gasteiger partial charge in [0.05, 0.1) is 5.69 Å². The highest BCUT2D eigenvalue weighted by molar-refractivity contribution is 5.75. The van der Waals surface area contributed by atoms with Crippen molar-refractivity contribution in [1.82, 2.24) is 20.0 Å². The van der Waals surface area contributed by atoms with Crippen LogP contribution in [0.1, 0.15) is 43.1 Å². The van der Waals surface area contributed by atoms with E-state index in [4.69, 9.17) is 0 Å². The molecule has 2 rings (SSSR count). The van der Waals surface area contributed by atoms with Crippen LogP contribution >= 0.6 is 0 Å². The van der Waals surface area contributed by atoms with Crippen molar-refractivity contribution in [2.75, 3.05) is 19.6 Å². The van der Waals surface area contributed by atoms with Crippen LogP contribution in [-0.2, 0) is 11.3 Å². The average molecular weight is 292 g/mol. The number of likely N-dealkylation sites (tertiary alicyclic amines) is 1. The lowest BCUT2D eigenvalue weighted by Crippen LogP contribution is -2.47. The van der Waals surface area contributed by atoms with Gasteiger partial charge < -0.3 is 5.32 Å². The van der Waals surface area contributed by atoms with Crippen molar-refractivity contribution in [3.05, 3.63) is 17.0 Å². The molecule has 21 heavy (non-hydrogen) atoms. The van der Waals surface area contributed by atoms with Crippen LogP contribution in [0.5, 0.6) is 0 Å². The molecule has 1 aromatic rings. The molecule has 1 aliphatic rings. The van der Waals surface area contributed by atoms with Gasteiger partial charge in [0.1, 0.15) is 6.54 Å². The molecular weight excluding hydrogens is 264 g/mol. The Kier molecular flexibility index (Phi) is 5.39. The number of nitrogens with zero attached hydrogens (tertiary/aromatic N) is 3. The van der Waals surface area contributed by atoms with Gasteiger partial charge in [-0.15, -0.1) is 0 Å². The number of nitrogens with one attached hydrogen (secondary N) is 1. The van der Waals surface area contributed by atoms with Gasteiger partial charge in [-0.25, -0.2) is 0 Å². The first-order valence-electron chi connectivity index (χ1n) is 8.04. The maximum Gasteiger partial charge on any atom is 0.241 e. The molecule has 1 aromatic heterocycles. The summed E-state index contributed by atoms with van der Waals surface area (Å²) in [4.78, 5) is 14.6. The van der Waals surface area contributed by atoms with Gasteiger partial charge in [0.15, 0.2) is 0 Å². The zero-order chi connectivity index (χ0) is 15.4. The molecular formula is C16H28N4O. The minimum absolute atomic E-state index is 0.0576. The van der Waals surface area contributed by atoms with E-state index in [9.17, 15) is 4.79 Å². The number of piperidine rings is 1. The van der Waals surface area contributed by atoms with Gasteiger partial charge in [-0.3, -0.25) is 14.4 Å². The summed E-state index contributed by atoms with van der Waals surface area (Å²) in [7, 11) is 0. The van der Waals surface area contributed by atoms with E-state index < -0.39 is 0 Å². The van der Waals surface area contributed by atoms with E-state index in [0.717, 1.165) is 31.0 Å². The molecule has 1 unspecified atom stereocenters. The summed E-state index contributed by atoms with van der Waals surface area (Å²) in [5.41, 5.74) is 3.26. The highest BCUT2D eigenvalue weighted by Crippen LogP contribution is 2.15. The minimum Gasteiger partial charge on any atom is -0.353 e. The summed E-state index contributed by atoms with van der Waals surface area (Å²) in [5, 5.41) is 7.50. The number of carbonyl (C=O) groups excluding carboxylic acids is 1. The van der Waals surface area contributed by atoms with Crippen molar-refractivity contribution in [2.24, 2.45) is 0 Å². The Morgan fingerprint density at radius 2 is 2.10 bits per heavy atom. The predicted molar refractivity (Wildman–Crippen MR) is 84.3 cm³/mol. The van der Waals surface area contributed by atoms with Crippen molar-refractivity contribution in [3.63, 3.8) is 0 Å². The fourth-order valence-corrected chi connectivity index (χ4v) is 3.07. The molecule has 1 atom stereocenters. The minimum atomic E-state index is 0.0576. The predicted octanol–water partition coefficient (Wildman–Crippen LogP) is 1.80. The molecule has 0 spiro atoms. The van der Waals surface area contributed by atoms with Gasteiger partial charge in [-0.2, -0.15) is 5.10 Å². The van der Waals surface area contributed by atoms with E-state index in [-0.39, 0.29) is 5.91 Å². The molecule has 0 aliphatic carbocycles. The second kappa shape index (κ2) is 7.07. The van der Waals surface area contributed by atoms with Gasteiger partial charge in [0, 0.05) is 18.3 Å². The van der Waals surface area contributed by atoms with Crippen molar-refractivity contribution in [2.45, 2.75) is 59.5 Å². The zero-order valence-electron chi connectivity index (χ0n) is 13.8. The van der Waals surface area contributed by atoms with Gasteiger partial charge in [-0.05, 0) is 52.3 Å². The topological polar surface area (TPSA) is 50.2 Å². The summed E-state index contributed by atoms with van der Waals surface area (Å²) < 4.78 is 1.80. The molecule has 1 aliphatic heterocycles. The molecule has 1 N–H and O–H groups in total. The van der Waals surface area contributed by atoms with E-state index in [1.807, 2.05) is 20.8 Å². The summed E-state index contributed by atoms with van der Waals surface area (Å²) in [6.45, 7) is 11.5. The summed E-state index contributed by atoms with van der Waals surface area (Å²) in [5.74, 6) is 0.0576. The number of aromatic nitrogens is 2. The van der Waals surface area contributed by atoms with E-state index in [0.29, 0.717) is 12.6 Å². The lowest BCUT2D eigenvalue weighted by Gasteiger charge is -2.34. The third kappa shape index (κ3) is 3.84. The molecule has 2 heterocycles. The van der Waals surface area contributed by atoms with Crippen molar-refractivity contribution in [1.29, 1.82) is 0 Å². The Bertz CT molecular complexity index is 495. The van der Waals surface area contributed by atoms with Gasteiger partial charge in [0.2, 0.25) is 5.91 Å². The molecule has 1 amide bonds. The van der Waals surface area contributed by atoms with Crippen molar-refractivity contribution < 1.29 is 4.79 Å². The number of rotatable bonds is 5. The van der Waals surface area contributed by atoms with E-state index in [1.165, 1.54) is 24.8 Å². The van der Waals surface area contributed by atoms with Gasteiger partial charge in [0.25, 0.3) is 0 Å². The number of amides is 1. The summed E-state index contributed by atoms with van der Waals surface area (Å²) in [6.07, 6.45) is 3.74. The Morgan fingerprint density at radius 3 is 2.71 bits per heavy atom. The van der Waals surface area contributed by atoms with Gasteiger partial charge in [-0.1, -0.05) is 13.3 Å². The molecule has 0 bridgehead atoms. The summed E-state index contributed by atoms with van der Waals surface area (Å²) in [6, 6.07) is 0.495. The Morgan fingerprint density at radius 1 is 1.33 bits per heavy atom. The number of hydrogen-bond acceptors (Lipinski definition) is 3. The Labute approximate surface area is 127 Å². The quantitative estimate of drug-likeness (QED) is 0.900. The molecule has 0 radical (unpaired) electrons. The van der Waals surface area contributed by atoms with Crippen LogP contribution in [0.25, 0.3) is 0 Å². The second-order valence-corrected chi connectivity index (χ2v) is 6.04. The largest absolute Gasteiger partial charge is 0.353 e. The highest BCUT2D eigenvalue weighted by atomic mass is 16.2. The zero-order valence-corrected chi connectivity index (χ0v) is 13.8. The van der Waals surface area contributed by atoms with Crippen LogP contribution in [0, 0.1) is 20.8 Å². The molecule has 5 heteroatoms. The Balaban J connectivity index is 1.85. The van der Waals surface area contributed by atoms with Crippen LogP contribution in [0.15, 0.2) is 0 Å². The Hall–Kier alpha value is -1.36. The van der Waals surface area contributed by atoms with Crippen LogP contribution < -0.4 is 5.32 Å². The van der Waals surface area contributed by atoms with Crippen molar-refractivity contribution in [3.8, 4) is 0 Å². The first-order chi connectivity index (χ1) is 10.0. The maximum absolute atomic E-state index is 12.1. The van der Waals surface area contributed by atoms with Crippen LogP contribution in [0.4, 0.5) is 0 Å². The SMILES string of the molecule is CCN1CCCCC1CNC(=O)Cn1nc(C)c(C)c1C. The van der Waals surface area contributed by atoms with E-state index >= 15 is 0 Å². The van der Waals surface area contributed by atoms with Crippen molar-refractivity contribution >= 4 is 5.91 Å². The number of carbonyl (C=O) groups is 1. The third-order valence-electron chi connectivity index (χ3n) is 4.73. The lowest BCUT2D eigenvalue weighted by atomic mass is 10.0. The first-order valence-corrected chi connectivity index (χ1v) is 8.04. The summed E-state index contributed by atoms with van der Waals surface area (Å²) >= 11 is 0. The lowest BCUT2D eigenvalue weighted by molar-refractivity contribution is -0.122. The van der Waals surface area contributed by atoms with Crippen LogP contribution in [0.2, 0.25) is 0 Å². The second-order valence-electron chi connectivity index (χ2n) is 6.04. The number of likely N-dealkylation sites (N-methyl/N-ethyl adjacent to an activating group) is 1. The fourth-order valence-electron chi connectivity index (χ4n) is 3.07. The van der Waals surface area contributed by atoms with Crippen LogP contribution in [0.3, 0.4) is 0 Å². The normalized spacial score (nSPS) is 19.7.